The first-order valence-corrected chi connectivity index (χ1v) is 5.98. The van der Waals surface area contributed by atoms with Crippen molar-refractivity contribution in [2.75, 3.05) is 6.54 Å². The first-order chi connectivity index (χ1) is 7.31. The van der Waals surface area contributed by atoms with Gasteiger partial charge in [-0.3, -0.25) is 4.98 Å². The maximum Gasteiger partial charge on any atom is 0.0372 e. The molecule has 1 saturated carbocycles. The van der Waals surface area contributed by atoms with Gasteiger partial charge >= 0.3 is 0 Å². The second kappa shape index (κ2) is 3.31. The molecule has 0 aromatic carbocycles. The minimum Gasteiger partial charge on any atom is -0.313 e. The number of aryl methyl sites for hydroxylation is 1. The number of nitrogens with zero attached hydrogens (tertiary/aromatic N) is 1. The third-order valence-electron chi connectivity index (χ3n) is 4.00. The Balaban J connectivity index is 1.89. The molecule has 80 valence electrons. The van der Waals surface area contributed by atoms with Crippen LogP contribution in [0.5, 0.6) is 0 Å². The third-order valence-corrected chi connectivity index (χ3v) is 4.00. The van der Waals surface area contributed by atoms with Crippen LogP contribution in [0.15, 0.2) is 18.3 Å². The van der Waals surface area contributed by atoms with E-state index < -0.39 is 0 Å². The van der Waals surface area contributed by atoms with Crippen molar-refractivity contribution in [1.82, 2.24) is 10.3 Å². The molecule has 0 amide bonds. The molecular weight excluding hydrogens is 184 g/mol. The molecule has 2 heterocycles. The van der Waals surface area contributed by atoms with E-state index in [1.165, 1.54) is 37.8 Å². The van der Waals surface area contributed by atoms with Crippen LogP contribution in [0.4, 0.5) is 0 Å². The normalized spacial score (nSPS) is 27.9. The van der Waals surface area contributed by atoms with E-state index >= 15 is 0 Å². The molecule has 1 aromatic heterocycles. The molecule has 15 heavy (non-hydrogen) atoms. The molecule has 1 aliphatic carbocycles. The van der Waals surface area contributed by atoms with E-state index in [1.807, 2.05) is 0 Å². The van der Waals surface area contributed by atoms with E-state index in [2.05, 4.69) is 35.6 Å². The molecule has 1 unspecified atom stereocenters. The maximum atomic E-state index is 4.43. The zero-order valence-corrected chi connectivity index (χ0v) is 9.29. The zero-order chi connectivity index (χ0) is 10.3. The maximum absolute atomic E-state index is 4.43. The SMILES string of the molecule is Cc1ccc(C2(C3CCCN3)CC2)cn1. The van der Waals surface area contributed by atoms with Gasteiger partial charge in [-0.1, -0.05) is 6.07 Å². The Labute approximate surface area is 91.1 Å². The zero-order valence-electron chi connectivity index (χ0n) is 9.29. The molecule has 2 heteroatoms. The molecular formula is C13H18N2. The Bertz CT molecular complexity index is 345. The highest BCUT2D eigenvalue weighted by atomic mass is 15.0. The van der Waals surface area contributed by atoms with Crippen LogP contribution < -0.4 is 5.32 Å². The highest BCUT2D eigenvalue weighted by molar-refractivity contribution is 5.33. The van der Waals surface area contributed by atoms with Crippen LogP contribution in [0.2, 0.25) is 0 Å². The Morgan fingerprint density at radius 2 is 2.27 bits per heavy atom. The molecule has 2 fully saturated rings. The predicted octanol–water partition coefficient (Wildman–Crippen LogP) is 2.17. The van der Waals surface area contributed by atoms with Gasteiger partial charge in [-0.25, -0.2) is 0 Å². The van der Waals surface area contributed by atoms with Crippen molar-refractivity contribution in [1.29, 1.82) is 0 Å². The second-order valence-corrected chi connectivity index (χ2v) is 4.99. The van der Waals surface area contributed by atoms with Gasteiger partial charge < -0.3 is 5.32 Å². The van der Waals surface area contributed by atoms with Gasteiger partial charge in [0.2, 0.25) is 0 Å². The summed E-state index contributed by atoms with van der Waals surface area (Å²) in [5, 5.41) is 3.64. The molecule has 2 nitrogen and oxygen atoms in total. The van der Waals surface area contributed by atoms with Gasteiger partial charge in [0.1, 0.15) is 0 Å². The van der Waals surface area contributed by atoms with E-state index in [0.717, 1.165) is 5.69 Å². The number of aromatic nitrogens is 1. The summed E-state index contributed by atoms with van der Waals surface area (Å²) in [5.41, 5.74) is 3.01. The van der Waals surface area contributed by atoms with Crippen LogP contribution >= 0.6 is 0 Å². The first kappa shape index (κ1) is 9.34. The molecule has 3 rings (SSSR count). The standard InChI is InChI=1S/C13H18N2/c1-10-4-5-11(9-15-10)13(6-7-13)12-3-2-8-14-12/h4-5,9,12,14H,2-3,6-8H2,1H3. The fourth-order valence-electron chi connectivity index (χ4n) is 2.89. The van der Waals surface area contributed by atoms with Crippen LogP contribution in [-0.2, 0) is 5.41 Å². The van der Waals surface area contributed by atoms with E-state index in [4.69, 9.17) is 0 Å². The second-order valence-electron chi connectivity index (χ2n) is 4.99. The Morgan fingerprint density at radius 1 is 1.40 bits per heavy atom. The van der Waals surface area contributed by atoms with Crippen molar-refractivity contribution >= 4 is 0 Å². The average Bonchev–Trinajstić information content (AvgIpc) is 2.88. The lowest BCUT2D eigenvalue weighted by Gasteiger charge is -2.23. The van der Waals surface area contributed by atoms with Gasteiger partial charge in [0.15, 0.2) is 0 Å². The van der Waals surface area contributed by atoms with E-state index in [1.54, 1.807) is 0 Å². The summed E-state index contributed by atoms with van der Waals surface area (Å²) in [6, 6.07) is 5.13. The lowest BCUT2D eigenvalue weighted by atomic mass is 9.88. The van der Waals surface area contributed by atoms with Gasteiger partial charge in [-0.15, -0.1) is 0 Å². The molecule has 1 N–H and O–H groups in total. The molecule has 0 bridgehead atoms. The lowest BCUT2D eigenvalue weighted by Crippen LogP contribution is -2.34. The average molecular weight is 202 g/mol. The van der Waals surface area contributed by atoms with Crippen LogP contribution in [0.25, 0.3) is 0 Å². The number of hydrogen-bond donors (Lipinski definition) is 1. The number of rotatable bonds is 2. The Kier molecular flexibility index (Phi) is 2.06. The molecule has 2 aliphatic rings. The van der Waals surface area contributed by atoms with E-state index in [-0.39, 0.29) is 0 Å². The number of pyridine rings is 1. The van der Waals surface area contributed by atoms with Crippen molar-refractivity contribution < 1.29 is 0 Å². The van der Waals surface area contributed by atoms with Gasteiger partial charge in [0.25, 0.3) is 0 Å². The summed E-state index contributed by atoms with van der Waals surface area (Å²) in [6.45, 7) is 3.25. The van der Waals surface area contributed by atoms with Gasteiger partial charge in [0, 0.05) is 23.3 Å². The van der Waals surface area contributed by atoms with E-state index in [0.29, 0.717) is 11.5 Å². The largest absolute Gasteiger partial charge is 0.313 e. The molecule has 1 atom stereocenters. The summed E-state index contributed by atoms with van der Waals surface area (Å²) in [4.78, 5) is 4.43. The van der Waals surface area contributed by atoms with E-state index in [9.17, 15) is 0 Å². The topological polar surface area (TPSA) is 24.9 Å². The Morgan fingerprint density at radius 3 is 2.80 bits per heavy atom. The van der Waals surface area contributed by atoms with Crippen molar-refractivity contribution in [3.05, 3.63) is 29.6 Å². The van der Waals surface area contributed by atoms with Crippen molar-refractivity contribution in [3.8, 4) is 0 Å². The van der Waals surface area contributed by atoms with Crippen LogP contribution in [0.3, 0.4) is 0 Å². The quantitative estimate of drug-likeness (QED) is 0.795. The summed E-state index contributed by atoms with van der Waals surface area (Å²) in [6.07, 6.45) is 7.45. The number of hydrogen-bond acceptors (Lipinski definition) is 2. The van der Waals surface area contributed by atoms with Crippen molar-refractivity contribution in [2.45, 2.75) is 44.1 Å². The molecule has 1 saturated heterocycles. The highest BCUT2D eigenvalue weighted by Gasteiger charge is 2.51. The van der Waals surface area contributed by atoms with Gasteiger partial charge in [-0.05, 0) is 50.8 Å². The lowest BCUT2D eigenvalue weighted by molar-refractivity contribution is 0.471. The smallest absolute Gasteiger partial charge is 0.0372 e. The Hall–Kier alpha value is -0.890. The summed E-state index contributed by atoms with van der Waals surface area (Å²) < 4.78 is 0. The van der Waals surface area contributed by atoms with Gasteiger partial charge in [0.05, 0.1) is 0 Å². The van der Waals surface area contributed by atoms with Crippen molar-refractivity contribution in [3.63, 3.8) is 0 Å². The first-order valence-electron chi connectivity index (χ1n) is 5.98. The molecule has 1 aliphatic heterocycles. The monoisotopic (exact) mass is 202 g/mol. The third kappa shape index (κ3) is 1.48. The fraction of sp³-hybridized carbons (Fsp3) is 0.615. The molecule has 0 radical (unpaired) electrons. The fourth-order valence-corrected chi connectivity index (χ4v) is 2.89. The van der Waals surface area contributed by atoms with Crippen LogP contribution in [-0.4, -0.2) is 17.6 Å². The predicted molar refractivity (Wildman–Crippen MR) is 60.9 cm³/mol. The van der Waals surface area contributed by atoms with Gasteiger partial charge in [-0.2, -0.15) is 0 Å². The molecule has 1 aromatic rings. The summed E-state index contributed by atoms with van der Waals surface area (Å²) in [7, 11) is 0. The minimum absolute atomic E-state index is 0.442. The van der Waals surface area contributed by atoms with Crippen LogP contribution in [0, 0.1) is 6.92 Å². The minimum atomic E-state index is 0.442. The van der Waals surface area contributed by atoms with Crippen LogP contribution in [0.1, 0.15) is 36.9 Å². The van der Waals surface area contributed by atoms with Crippen molar-refractivity contribution in [2.24, 2.45) is 0 Å². The molecule has 0 spiro atoms. The number of nitrogens with one attached hydrogen (secondary N) is 1. The highest BCUT2D eigenvalue weighted by Crippen LogP contribution is 2.52. The summed E-state index contributed by atoms with van der Waals surface area (Å²) in [5.74, 6) is 0. The summed E-state index contributed by atoms with van der Waals surface area (Å²) >= 11 is 0.